The van der Waals surface area contributed by atoms with E-state index in [1.165, 1.54) is 11.4 Å². The molecule has 122 valence electrons. The lowest BCUT2D eigenvalue weighted by Crippen LogP contribution is -2.38. The second kappa shape index (κ2) is 6.62. The van der Waals surface area contributed by atoms with Gasteiger partial charge in [0, 0.05) is 45.1 Å². The van der Waals surface area contributed by atoms with Gasteiger partial charge >= 0.3 is 0 Å². The maximum absolute atomic E-state index is 12.0. The van der Waals surface area contributed by atoms with Crippen LogP contribution in [0.2, 0.25) is 0 Å². The molecule has 0 unspecified atom stereocenters. The highest BCUT2D eigenvalue weighted by Gasteiger charge is 2.29. The van der Waals surface area contributed by atoms with Gasteiger partial charge in [-0.2, -0.15) is 12.6 Å². The number of aryl methyl sites for hydroxylation is 1. The van der Waals surface area contributed by atoms with Crippen molar-refractivity contribution >= 4 is 18.5 Å². The normalized spacial score (nSPS) is 20.2. The summed E-state index contributed by atoms with van der Waals surface area (Å²) in [4.78, 5) is 21.2. The van der Waals surface area contributed by atoms with Gasteiger partial charge in [-0.05, 0) is 32.6 Å². The zero-order valence-corrected chi connectivity index (χ0v) is 14.5. The first-order valence-electron chi connectivity index (χ1n) is 8.23. The zero-order valence-electron chi connectivity index (χ0n) is 13.6. The molecule has 0 spiro atoms. The van der Waals surface area contributed by atoms with E-state index in [0.29, 0.717) is 18.1 Å². The molecular formula is C16H26N4OS. The number of likely N-dealkylation sites (N-methyl/N-ethyl adjacent to an activating group) is 1. The lowest BCUT2D eigenvalue weighted by Gasteiger charge is -2.33. The number of rotatable bonds is 3. The Labute approximate surface area is 138 Å². The number of amides is 1. The maximum atomic E-state index is 12.0. The largest absolute Gasteiger partial charge is 0.343 e. The topological polar surface area (TPSA) is 41.4 Å². The number of likely N-dealkylation sites (tertiary alicyclic amines) is 1. The molecule has 1 aromatic heterocycles. The smallest absolute Gasteiger partial charge is 0.223 e. The summed E-state index contributed by atoms with van der Waals surface area (Å²) in [6.45, 7) is 6.97. The van der Waals surface area contributed by atoms with Gasteiger partial charge in [-0.15, -0.1) is 0 Å². The third-order valence-corrected chi connectivity index (χ3v) is 5.20. The fourth-order valence-corrected chi connectivity index (χ4v) is 3.88. The number of imidazole rings is 1. The number of fused-ring (bicyclic) bond motifs is 1. The molecule has 3 rings (SSSR count). The highest BCUT2D eigenvalue weighted by Crippen LogP contribution is 2.32. The fourth-order valence-electron chi connectivity index (χ4n) is 3.68. The van der Waals surface area contributed by atoms with Crippen molar-refractivity contribution in [3.63, 3.8) is 0 Å². The lowest BCUT2D eigenvalue weighted by molar-refractivity contribution is -0.131. The van der Waals surface area contributed by atoms with Crippen LogP contribution in [0.5, 0.6) is 0 Å². The molecular weight excluding hydrogens is 296 g/mol. The Hall–Kier alpha value is -1.01. The molecule has 3 heterocycles. The molecule has 0 aromatic carbocycles. The third kappa shape index (κ3) is 3.04. The number of hydrogen-bond acceptors (Lipinski definition) is 4. The van der Waals surface area contributed by atoms with Crippen molar-refractivity contribution in [2.24, 2.45) is 0 Å². The van der Waals surface area contributed by atoms with E-state index in [9.17, 15) is 4.79 Å². The van der Waals surface area contributed by atoms with E-state index in [0.717, 1.165) is 51.4 Å². The summed E-state index contributed by atoms with van der Waals surface area (Å²) in [5.41, 5.74) is 2.68. The van der Waals surface area contributed by atoms with Crippen LogP contribution in [0.3, 0.4) is 0 Å². The molecule has 0 saturated carbocycles. The molecule has 2 aliphatic rings. The first-order chi connectivity index (χ1) is 10.6. The quantitative estimate of drug-likeness (QED) is 0.861. The van der Waals surface area contributed by atoms with Gasteiger partial charge in [0.05, 0.1) is 11.4 Å². The van der Waals surface area contributed by atoms with Gasteiger partial charge in [-0.25, -0.2) is 4.98 Å². The highest BCUT2D eigenvalue weighted by atomic mass is 32.1. The Balaban J connectivity index is 1.71. The molecule has 0 bridgehead atoms. The van der Waals surface area contributed by atoms with E-state index in [4.69, 9.17) is 4.98 Å². The Morgan fingerprint density at radius 2 is 2.00 bits per heavy atom. The standard InChI is InChI=1S/C16H26N4OS/c1-12-17-16(14-11-18(2)8-9-20(12)14)13-3-6-19(7-4-13)15(21)5-10-22/h13,22H,3-11H2,1-2H3. The SMILES string of the molecule is Cc1nc(C2CCN(C(=O)CCS)CC2)c2n1CCN(C)C2. The second-order valence-corrected chi connectivity index (χ2v) is 6.96. The van der Waals surface area contributed by atoms with Crippen LogP contribution in [0.4, 0.5) is 0 Å². The van der Waals surface area contributed by atoms with Crippen LogP contribution in [0.1, 0.15) is 42.4 Å². The van der Waals surface area contributed by atoms with Crippen molar-refractivity contribution in [3.05, 3.63) is 17.2 Å². The molecule has 0 N–H and O–H groups in total. The molecule has 5 nitrogen and oxygen atoms in total. The summed E-state index contributed by atoms with van der Waals surface area (Å²) in [6, 6.07) is 0. The summed E-state index contributed by atoms with van der Waals surface area (Å²) in [5.74, 6) is 2.53. The van der Waals surface area contributed by atoms with Gasteiger partial charge in [0.25, 0.3) is 0 Å². The van der Waals surface area contributed by atoms with Crippen molar-refractivity contribution in [2.45, 2.75) is 45.2 Å². The predicted octanol–water partition coefficient (Wildman–Crippen LogP) is 1.66. The zero-order chi connectivity index (χ0) is 15.7. The fraction of sp³-hybridized carbons (Fsp3) is 0.750. The summed E-state index contributed by atoms with van der Waals surface area (Å²) in [5, 5.41) is 0. The number of nitrogens with zero attached hydrogens (tertiary/aromatic N) is 4. The van der Waals surface area contributed by atoms with Crippen LogP contribution >= 0.6 is 12.6 Å². The molecule has 2 aliphatic heterocycles. The average Bonchev–Trinajstić information content (AvgIpc) is 2.84. The Morgan fingerprint density at radius 3 is 2.68 bits per heavy atom. The van der Waals surface area contributed by atoms with Crippen LogP contribution < -0.4 is 0 Å². The van der Waals surface area contributed by atoms with Crippen molar-refractivity contribution in [1.82, 2.24) is 19.4 Å². The van der Waals surface area contributed by atoms with Gasteiger partial charge in [0.2, 0.25) is 5.91 Å². The van der Waals surface area contributed by atoms with Crippen molar-refractivity contribution in [3.8, 4) is 0 Å². The molecule has 1 saturated heterocycles. The minimum atomic E-state index is 0.247. The van der Waals surface area contributed by atoms with E-state index < -0.39 is 0 Å². The summed E-state index contributed by atoms with van der Waals surface area (Å²) in [7, 11) is 2.17. The molecule has 0 atom stereocenters. The van der Waals surface area contributed by atoms with E-state index in [1.807, 2.05) is 4.90 Å². The van der Waals surface area contributed by atoms with Crippen molar-refractivity contribution < 1.29 is 4.79 Å². The van der Waals surface area contributed by atoms with Crippen molar-refractivity contribution in [1.29, 1.82) is 0 Å². The van der Waals surface area contributed by atoms with Gasteiger partial charge < -0.3 is 9.47 Å². The minimum Gasteiger partial charge on any atom is -0.343 e. The number of carbonyl (C=O) groups is 1. The first kappa shape index (κ1) is 15.9. The summed E-state index contributed by atoms with van der Waals surface area (Å²) in [6.07, 6.45) is 2.62. The summed E-state index contributed by atoms with van der Waals surface area (Å²) >= 11 is 4.16. The van der Waals surface area contributed by atoms with E-state index in [2.05, 4.69) is 36.1 Å². The lowest BCUT2D eigenvalue weighted by atomic mass is 9.91. The van der Waals surface area contributed by atoms with E-state index >= 15 is 0 Å². The molecule has 1 fully saturated rings. The number of aromatic nitrogens is 2. The molecule has 0 radical (unpaired) electrons. The Morgan fingerprint density at radius 1 is 1.27 bits per heavy atom. The van der Waals surface area contributed by atoms with Crippen LogP contribution in [0.15, 0.2) is 0 Å². The monoisotopic (exact) mass is 322 g/mol. The number of thiol groups is 1. The first-order valence-corrected chi connectivity index (χ1v) is 8.86. The Bertz CT molecular complexity index is 549. The van der Waals surface area contributed by atoms with E-state index in [-0.39, 0.29) is 5.91 Å². The third-order valence-electron chi connectivity index (χ3n) is 4.98. The number of hydrogen-bond donors (Lipinski definition) is 1. The van der Waals surface area contributed by atoms with Crippen LogP contribution in [-0.2, 0) is 17.9 Å². The van der Waals surface area contributed by atoms with Gasteiger partial charge in [0.1, 0.15) is 5.82 Å². The average molecular weight is 322 g/mol. The molecule has 6 heteroatoms. The van der Waals surface area contributed by atoms with E-state index in [1.54, 1.807) is 0 Å². The number of piperidine rings is 1. The number of carbonyl (C=O) groups excluding carboxylic acids is 1. The highest BCUT2D eigenvalue weighted by molar-refractivity contribution is 7.80. The van der Waals surface area contributed by atoms with Crippen LogP contribution in [-0.4, -0.2) is 57.7 Å². The maximum Gasteiger partial charge on any atom is 0.223 e. The van der Waals surface area contributed by atoms with Crippen LogP contribution in [0, 0.1) is 6.92 Å². The van der Waals surface area contributed by atoms with Gasteiger partial charge in [0.15, 0.2) is 0 Å². The second-order valence-electron chi connectivity index (χ2n) is 6.51. The predicted molar refractivity (Wildman–Crippen MR) is 90.3 cm³/mol. The van der Waals surface area contributed by atoms with Crippen LogP contribution in [0.25, 0.3) is 0 Å². The molecule has 0 aliphatic carbocycles. The molecule has 1 amide bonds. The van der Waals surface area contributed by atoms with Gasteiger partial charge in [-0.1, -0.05) is 0 Å². The molecule has 1 aromatic rings. The van der Waals surface area contributed by atoms with Gasteiger partial charge in [-0.3, -0.25) is 9.69 Å². The summed E-state index contributed by atoms with van der Waals surface area (Å²) < 4.78 is 2.38. The Kier molecular flexibility index (Phi) is 4.78. The minimum absolute atomic E-state index is 0.247. The molecule has 22 heavy (non-hydrogen) atoms. The van der Waals surface area contributed by atoms with Crippen molar-refractivity contribution in [2.75, 3.05) is 32.4 Å².